The van der Waals surface area contributed by atoms with Gasteiger partial charge in [-0.25, -0.2) is 0 Å². The topological polar surface area (TPSA) is 47.6 Å². The summed E-state index contributed by atoms with van der Waals surface area (Å²) in [5.41, 5.74) is 1.23. The van der Waals surface area contributed by atoms with Gasteiger partial charge in [-0.05, 0) is 68.7 Å². The van der Waals surface area contributed by atoms with Gasteiger partial charge in [0, 0.05) is 11.0 Å². The molecule has 0 bridgehead atoms. The average molecular weight is 406 g/mol. The fraction of sp³-hybridized carbons (Fsp3) is 0.350. The maximum absolute atomic E-state index is 12.1. The fourth-order valence-corrected chi connectivity index (χ4v) is 2.60. The van der Waals surface area contributed by atoms with Crippen LogP contribution in [0.25, 0.3) is 0 Å². The maximum atomic E-state index is 12.1. The zero-order valence-corrected chi connectivity index (χ0v) is 16.2. The lowest BCUT2D eigenvalue weighted by atomic mass is 10.1. The van der Waals surface area contributed by atoms with E-state index in [2.05, 4.69) is 33.4 Å². The number of ether oxygens (including phenoxy) is 2. The number of amides is 1. The fourth-order valence-electron chi connectivity index (χ4n) is 2.34. The number of benzene rings is 2. The standard InChI is InChI=1S/C20H24BrNO3/c1-3-24-18-10-6-16(7-11-18)5-4-14-22-20(23)15(2)25-19-12-8-17(21)9-13-19/h6-13,15H,3-5,14H2,1-2H3,(H,22,23)/t15-/m0/s1. The third-order valence-electron chi connectivity index (χ3n) is 3.67. The van der Waals surface area contributed by atoms with Gasteiger partial charge in [0.15, 0.2) is 6.10 Å². The first kappa shape index (κ1) is 19.3. The molecule has 0 heterocycles. The van der Waals surface area contributed by atoms with Crippen LogP contribution in [-0.4, -0.2) is 25.2 Å². The van der Waals surface area contributed by atoms with Gasteiger partial charge in [-0.3, -0.25) is 4.79 Å². The summed E-state index contributed by atoms with van der Waals surface area (Å²) in [6.45, 7) is 5.02. The number of carbonyl (C=O) groups excluding carboxylic acids is 1. The lowest BCUT2D eigenvalue weighted by Gasteiger charge is -2.14. The smallest absolute Gasteiger partial charge is 0.260 e. The molecule has 4 nitrogen and oxygen atoms in total. The van der Waals surface area contributed by atoms with E-state index in [0.717, 1.165) is 23.1 Å². The number of aryl methyl sites for hydroxylation is 1. The number of nitrogens with one attached hydrogen (secondary N) is 1. The van der Waals surface area contributed by atoms with E-state index in [1.807, 2.05) is 43.3 Å². The highest BCUT2D eigenvalue weighted by Gasteiger charge is 2.13. The lowest BCUT2D eigenvalue weighted by molar-refractivity contribution is -0.127. The minimum atomic E-state index is -0.522. The molecule has 0 spiro atoms. The van der Waals surface area contributed by atoms with E-state index in [9.17, 15) is 4.79 Å². The summed E-state index contributed by atoms with van der Waals surface area (Å²) in [6, 6.07) is 15.5. The summed E-state index contributed by atoms with van der Waals surface area (Å²) < 4.78 is 12.0. The van der Waals surface area contributed by atoms with Crippen LogP contribution in [0.4, 0.5) is 0 Å². The van der Waals surface area contributed by atoms with Crippen molar-refractivity contribution in [2.24, 2.45) is 0 Å². The molecule has 25 heavy (non-hydrogen) atoms. The molecule has 0 saturated carbocycles. The molecule has 1 amide bonds. The van der Waals surface area contributed by atoms with Gasteiger partial charge >= 0.3 is 0 Å². The van der Waals surface area contributed by atoms with Crippen molar-refractivity contribution in [1.82, 2.24) is 5.32 Å². The normalized spacial score (nSPS) is 11.6. The van der Waals surface area contributed by atoms with Gasteiger partial charge in [-0.15, -0.1) is 0 Å². The molecule has 0 aromatic heterocycles. The maximum Gasteiger partial charge on any atom is 0.260 e. The van der Waals surface area contributed by atoms with E-state index in [1.54, 1.807) is 6.92 Å². The molecule has 0 aliphatic heterocycles. The predicted octanol–water partition coefficient (Wildman–Crippen LogP) is 4.36. The van der Waals surface area contributed by atoms with Crippen LogP contribution in [0.5, 0.6) is 11.5 Å². The number of rotatable bonds is 9. The minimum absolute atomic E-state index is 0.102. The van der Waals surface area contributed by atoms with Crippen LogP contribution in [0, 0.1) is 0 Å². The molecule has 0 saturated heterocycles. The molecule has 0 fully saturated rings. The third kappa shape index (κ3) is 6.78. The number of hydrogen-bond donors (Lipinski definition) is 1. The van der Waals surface area contributed by atoms with Gasteiger partial charge in [-0.1, -0.05) is 28.1 Å². The Morgan fingerprint density at radius 3 is 2.36 bits per heavy atom. The zero-order valence-electron chi connectivity index (χ0n) is 14.6. The molecule has 2 rings (SSSR count). The van der Waals surface area contributed by atoms with Gasteiger partial charge in [0.05, 0.1) is 6.61 Å². The predicted molar refractivity (Wildman–Crippen MR) is 103 cm³/mol. The minimum Gasteiger partial charge on any atom is -0.494 e. The molecule has 2 aromatic rings. The first-order valence-corrected chi connectivity index (χ1v) is 9.29. The van der Waals surface area contributed by atoms with Crippen molar-refractivity contribution < 1.29 is 14.3 Å². The van der Waals surface area contributed by atoms with E-state index < -0.39 is 6.10 Å². The van der Waals surface area contributed by atoms with E-state index in [0.29, 0.717) is 18.9 Å². The molecule has 134 valence electrons. The van der Waals surface area contributed by atoms with Crippen molar-refractivity contribution >= 4 is 21.8 Å². The molecule has 5 heteroatoms. The highest BCUT2D eigenvalue weighted by Crippen LogP contribution is 2.17. The SMILES string of the molecule is CCOc1ccc(CCCNC(=O)[C@H](C)Oc2ccc(Br)cc2)cc1. The molecule has 2 aromatic carbocycles. The quantitative estimate of drug-likeness (QED) is 0.630. The summed E-state index contributed by atoms with van der Waals surface area (Å²) in [6.07, 6.45) is 1.27. The van der Waals surface area contributed by atoms with Gasteiger partial charge in [0.1, 0.15) is 11.5 Å². The Balaban J connectivity index is 1.68. The van der Waals surface area contributed by atoms with E-state index in [1.165, 1.54) is 5.56 Å². The molecular weight excluding hydrogens is 382 g/mol. The monoisotopic (exact) mass is 405 g/mol. The second-order valence-electron chi connectivity index (χ2n) is 5.69. The molecule has 1 N–H and O–H groups in total. The summed E-state index contributed by atoms with van der Waals surface area (Å²) in [4.78, 5) is 12.1. The highest BCUT2D eigenvalue weighted by atomic mass is 79.9. The molecule has 0 aliphatic carbocycles. The molecule has 1 atom stereocenters. The average Bonchev–Trinajstić information content (AvgIpc) is 2.62. The molecule has 0 unspecified atom stereocenters. The lowest BCUT2D eigenvalue weighted by Crippen LogP contribution is -2.36. The van der Waals surface area contributed by atoms with Crippen molar-refractivity contribution in [1.29, 1.82) is 0 Å². The Hall–Kier alpha value is -2.01. The van der Waals surface area contributed by atoms with E-state index in [4.69, 9.17) is 9.47 Å². The third-order valence-corrected chi connectivity index (χ3v) is 4.20. The van der Waals surface area contributed by atoms with Crippen LogP contribution in [0.2, 0.25) is 0 Å². The number of hydrogen-bond acceptors (Lipinski definition) is 3. The highest BCUT2D eigenvalue weighted by molar-refractivity contribution is 9.10. The van der Waals surface area contributed by atoms with E-state index >= 15 is 0 Å². The van der Waals surface area contributed by atoms with Crippen molar-refractivity contribution in [3.63, 3.8) is 0 Å². The van der Waals surface area contributed by atoms with Crippen molar-refractivity contribution in [3.05, 3.63) is 58.6 Å². The Labute approximate surface area is 157 Å². The van der Waals surface area contributed by atoms with Crippen LogP contribution < -0.4 is 14.8 Å². The largest absolute Gasteiger partial charge is 0.494 e. The van der Waals surface area contributed by atoms with Gasteiger partial charge in [-0.2, -0.15) is 0 Å². The molecular formula is C20H24BrNO3. The van der Waals surface area contributed by atoms with Crippen molar-refractivity contribution in [2.75, 3.05) is 13.2 Å². The first-order chi connectivity index (χ1) is 12.1. The Kier molecular flexibility index (Phi) is 7.79. The Morgan fingerprint density at radius 2 is 1.72 bits per heavy atom. The van der Waals surface area contributed by atoms with Crippen LogP contribution in [0.1, 0.15) is 25.8 Å². The zero-order chi connectivity index (χ0) is 18.1. The molecule has 0 radical (unpaired) electrons. The van der Waals surface area contributed by atoms with Crippen LogP contribution in [0.15, 0.2) is 53.0 Å². The van der Waals surface area contributed by atoms with Crippen molar-refractivity contribution in [3.8, 4) is 11.5 Å². The van der Waals surface area contributed by atoms with Gasteiger partial charge < -0.3 is 14.8 Å². The summed E-state index contributed by atoms with van der Waals surface area (Å²) in [5.74, 6) is 1.47. The van der Waals surface area contributed by atoms with Gasteiger partial charge in [0.2, 0.25) is 0 Å². The number of halogens is 1. The second kappa shape index (κ2) is 10.1. The van der Waals surface area contributed by atoms with Crippen LogP contribution >= 0.6 is 15.9 Å². The Bertz CT molecular complexity index is 656. The van der Waals surface area contributed by atoms with Gasteiger partial charge in [0.25, 0.3) is 5.91 Å². The summed E-state index contributed by atoms with van der Waals surface area (Å²) in [7, 11) is 0. The molecule has 0 aliphatic rings. The Morgan fingerprint density at radius 1 is 1.08 bits per heavy atom. The van der Waals surface area contributed by atoms with Crippen LogP contribution in [-0.2, 0) is 11.2 Å². The second-order valence-corrected chi connectivity index (χ2v) is 6.60. The summed E-state index contributed by atoms with van der Waals surface area (Å²) >= 11 is 3.37. The van der Waals surface area contributed by atoms with E-state index in [-0.39, 0.29) is 5.91 Å². The number of carbonyl (C=O) groups is 1. The first-order valence-electron chi connectivity index (χ1n) is 8.50. The van der Waals surface area contributed by atoms with Crippen LogP contribution in [0.3, 0.4) is 0 Å². The van der Waals surface area contributed by atoms with Crippen molar-refractivity contribution in [2.45, 2.75) is 32.8 Å². The summed E-state index contributed by atoms with van der Waals surface area (Å²) in [5, 5.41) is 2.92.